The Morgan fingerprint density at radius 1 is 1.17 bits per heavy atom. The second kappa shape index (κ2) is 7.49. The predicted molar refractivity (Wildman–Crippen MR) is 80.6 cm³/mol. The molecule has 0 aromatic carbocycles. The minimum Gasteiger partial charge on any atom is -0.330 e. The molecule has 0 aromatic heterocycles. The molecule has 2 nitrogen and oxygen atoms in total. The summed E-state index contributed by atoms with van der Waals surface area (Å²) in [7, 11) is 0. The molecular formula is C16H34N2. The standard InChI is InChI=1S/C16H34N2/c1-6-14-7-8-15(10-17)16(9-14)18(13(4)5)11-12(2)3/h12-16H,6-11,17H2,1-5H3. The fourth-order valence-corrected chi connectivity index (χ4v) is 3.50. The Bertz CT molecular complexity index is 225. The van der Waals surface area contributed by atoms with Crippen LogP contribution in [0.5, 0.6) is 0 Å². The lowest BCUT2D eigenvalue weighted by molar-refractivity contribution is 0.0473. The molecule has 0 amide bonds. The van der Waals surface area contributed by atoms with Gasteiger partial charge in [0.2, 0.25) is 0 Å². The highest BCUT2D eigenvalue weighted by atomic mass is 15.2. The van der Waals surface area contributed by atoms with Crippen LogP contribution in [0.4, 0.5) is 0 Å². The van der Waals surface area contributed by atoms with Crippen LogP contribution in [-0.4, -0.2) is 30.1 Å². The molecule has 1 rings (SSSR count). The summed E-state index contributed by atoms with van der Waals surface area (Å²) in [6.45, 7) is 13.8. The Labute approximate surface area is 114 Å². The van der Waals surface area contributed by atoms with E-state index in [2.05, 4.69) is 39.5 Å². The summed E-state index contributed by atoms with van der Waals surface area (Å²) in [6.07, 6.45) is 5.42. The van der Waals surface area contributed by atoms with Crippen LogP contribution >= 0.6 is 0 Å². The van der Waals surface area contributed by atoms with Crippen molar-refractivity contribution in [2.45, 2.75) is 72.4 Å². The highest BCUT2D eigenvalue weighted by Gasteiger charge is 2.34. The Balaban J connectivity index is 2.76. The summed E-state index contributed by atoms with van der Waals surface area (Å²) in [5, 5.41) is 0. The number of nitrogens with two attached hydrogens (primary N) is 1. The van der Waals surface area contributed by atoms with Crippen molar-refractivity contribution in [1.29, 1.82) is 0 Å². The van der Waals surface area contributed by atoms with Crippen LogP contribution in [0.15, 0.2) is 0 Å². The molecule has 1 fully saturated rings. The molecule has 2 N–H and O–H groups in total. The maximum atomic E-state index is 6.02. The number of hydrogen-bond donors (Lipinski definition) is 1. The first-order valence-electron chi connectivity index (χ1n) is 7.95. The number of nitrogens with zero attached hydrogens (tertiary/aromatic N) is 1. The molecule has 3 unspecified atom stereocenters. The van der Waals surface area contributed by atoms with E-state index in [1.165, 1.54) is 32.2 Å². The normalized spacial score (nSPS) is 29.5. The molecule has 1 aliphatic carbocycles. The van der Waals surface area contributed by atoms with Gasteiger partial charge >= 0.3 is 0 Å². The third kappa shape index (κ3) is 4.24. The van der Waals surface area contributed by atoms with Crippen LogP contribution in [-0.2, 0) is 0 Å². The Hall–Kier alpha value is -0.0800. The average Bonchev–Trinajstić information content (AvgIpc) is 2.34. The van der Waals surface area contributed by atoms with Gasteiger partial charge in [-0.1, -0.05) is 33.6 Å². The fraction of sp³-hybridized carbons (Fsp3) is 1.00. The van der Waals surface area contributed by atoms with E-state index >= 15 is 0 Å². The maximum Gasteiger partial charge on any atom is 0.0141 e. The van der Waals surface area contributed by atoms with Gasteiger partial charge in [-0.15, -0.1) is 0 Å². The molecule has 0 saturated heterocycles. The van der Waals surface area contributed by atoms with Crippen LogP contribution in [0.2, 0.25) is 0 Å². The van der Waals surface area contributed by atoms with E-state index in [0.717, 1.165) is 24.4 Å². The number of rotatable bonds is 6. The van der Waals surface area contributed by atoms with Gasteiger partial charge in [-0.3, -0.25) is 4.90 Å². The highest BCUT2D eigenvalue weighted by Crippen LogP contribution is 2.34. The largest absolute Gasteiger partial charge is 0.330 e. The minimum absolute atomic E-state index is 0.641. The van der Waals surface area contributed by atoms with Gasteiger partial charge in [-0.2, -0.15) is 0 Å². The topological polar surface area (TPSA) is 29.3 Å². The van der Waals surface area contributed by atoms with E-state index in [9.17, 15) is 0 Å². The second-order valence-electron chi connectivity index (χ2n) is 6.83. The zero-order valence-electron chi connectivity index (χ0n) is 13.2. The quantitative estimate of drug-likeness (QED) is 0.786. The van der Waals surface area contributed by atoms with E-state index in [1.54, 1.807) is 0 Å². The van der Waals surface area contributed by atoms with Crippen LogP contribution < -0.4 is 5.73 Å². The molecule has 108 valence electrons. The lowest BCUT2D eigenvalue weighted by Crippen LogP contribution is -2.50. The monoisotopic (exact) mass is 254 g/mol. The zero-order chi connectivity index (χ0) is 13.7. The molecule has 0 bridgehead atoms. The fourth-order valence-electron chi connectivity index (χ4n) is 3.50. The van der Waals surface area contributed by atoms with Crippen molar-refractivity contribution in [3.05, 3.63) is 0 Å². The summed E-state index contributed by atoms with van der Waals surface area (Å²) < 4.78 is 0. The second-order valence-corrected chi connectivity index (χ2v) is 6.83. The molecule has 0 aromatic rings. The number of hydrogen-bond acceptors (Lipinski definition) is 2. The van der Waals surface area contributed by atoms with Crippen molar-refractivity contribution in [2.75, 3.05) is 13.1 Å². The van der Waals surface area contributed by atoms with Crippen molar-refractivity contribution < 1.29 is 0 Å². The van der Waals surface area contributed by atoms with Crippen molar-refractivity contribution in [3.63, 3.8) is 0 Å². The predicted octanol–water partition coefficient (Wildman–Crippen LogP) is 3.51. The third-order valence-electron chi connectivity index (χ3n) is 4.61. The summed E-state index contributed by atoms with van der Waals surface area (Å²) in [5.41, 5.74) is 6.02. The summed E-state index contributed by atoms with van der Waals surface area (Å²) >= 11 is 0. The van der Waals surface area contributed by atoms with Gasteiger partial charge in [-0.25, -0.2) is 0 Å². The smallest absolute Gasteiger partial charge is 0.0141 e. The van der Waals surface area contributed by atoms with Gasteiger partial charge in [0.1, 0.15) is 0 Å². The van der Waals surface area contributed by atoms with Gasteiger partial charge in [0, 0.05) is 18.6 Å². The van der Waals surface area contributed by atoms with E-state index in [0.29, 0.717) is 12.0 Å². The first-order valence-corrected chi connectivity index (χ1v) is 7.95. The third-order valence-corrected chi connectivity index (χ3v) is 4.61. The van der Waals surface area contributed by atoms with Crippen molar-refractivity contribution >= 4 is 0 Å². The molecule has 0 heterocycles. The first kappa shape index (κ1) is 16.0. The SMILES string of the molecule is CCC1CCC(CN)C(N(CC(C)C)C(C)C)C1. The molecule has 0 spiro atoms. The first-order chi connectivity index (χ1) is 8.49. The summed E-state index contributed by atoms with van der Waals surface area (Å²) in [6, 6.07) is 1.36. The Morgan fingerprint density at radius 2 is 1.83 bits per heavy atom. The summed E-state index contributed by atoms with van der Waals surface area (Å²) in [5.74, 6) is 2.38. The molecule has 3 atom stereocenters. The van der Waals surface area contributed by atoms with Gasteiger partial charge in [0.25, 0.3) is 0 Å². The molecule has 18 heavy (non-hydrogen) atoms. The van der Waals surface area contributed by atoms with E-state index < -0.39 is 0 Å². The van der Waals surface area contributed by atoms with Gasteiger partial charge in [0.05, 0.1) is 0 Å². The van der Waals surface area contributed by atoms with Crippen LogP contribution in [0.1, 0.15) is 60.3 Å². The van der Waals surface area contributed by atoms with Crippen LogP contribution in [0.3, 0.4) is 0 Å². The van der Waals surface area contributed by atoms with E-state index in [-0.39, 0.29) is 0 Å². The Kier molecular flexibility index (Phi) is 6.65. The zero-order valence-corrected chi connectivity index (χ0v) is 13.2. The van der Waals surface area contributed by atoms with Crippen LogP contribution in [0, 0.1) is 17.8 Å². The lowest BCUT2D eigenvalue weighted by Gasteiger charge is -2.45. The van der Waals surface area contributed by atoms with Crippen molar-refractivity contribution in [1.82, 2.24) is 4.90 Å². The Morgan fingerprint density at radius 3 is 2.28 bits per heavy atom. The van der Waals surface area contributed by atoms with Gasteiger partial charge in [-0.05, 0) is 51.0 Å². The molecule has 2 heteroatoms. The molecular weight excluding hydrogens is 220 g/mol. The van der Waals surface area contributed by atoms with E-state index in [1.807, 2.05) is 0 Å². The van der Waals surface area contributed by atoms with Crippen LogP contribution in [0.25, 0.3) is 0 Å². The summed E-state index contributed by atoms with van der Waals surface area (Å²) in [4.78, 5) is 2.73. The van der Waals surface area contributed by atoms with Crippen molar-refractivity contribution in [2.24, 2.45) is 23.5 Å². The van der Waals surface area contributed by atoms with E-state index in [4.69, 9.17) is 5.73 Å². The molecule has 1 aliphatic rings. The minimum atomic E-state index is 0.641. The molecule has 1 saturated carbocycles. The maximum absolute atomic E-state index is 6.02. The lowest BCUT2D eigenvalue weighted by atomic mass is 9.76. The van der Waals surface area contributed by atoms with Crippen molar-refractivity contribution in [3.8, 4) is 0 Å². The van der Waals surface area contributed by atoms with Gasteiger partial charge < -0.3 is 5.73 Å². The highest BCUT2D eigenvalue weighted by molar-refractivity contribution is 4.88. The molecule has 0 aliphatic heterocycles. The average molecular weight is 254 g/mol. The van der Waals surface area contributed by atoms with Gasteiger partial charge in [0.15, 0.2) is 0 Å². The molecule has 0 radical (unpaired) electrons.